The third-order valence-electron chi connectivity index (χ3n) is 11.3. The van der Waals surface area contributed by atoms with Crippen LogP contribution in [0.4, 0.5) is 0 Å². The number of Topliss-reactive ketones (excluding diaryl/α,β-unsaturated/α-hetero) is 1. The molecule has 0 spiro atoms. The number of ketones is 1. The van der Waals surface area contributed by atoms with Crippen molar-refractivity contribution in [2.24, 2.45) is 52.3 Å². The van der Waals surface area contributed by atoms with E-state index in [2.05, 4.69) is 27.7 Å². The van der Waals surface area contributed by atoms with E-state index in [4.69, 9.17) is 4.74 Å². The second-order valence-electron chi connectivity index (χ2n) is 12.9. The molecule has 3 N–H and O–H groups in total. The van der Waals surface area contributed by atoms with Gasteiger partial charge in [-0.15, -0.1) is 0 Å². The fourth-order valence-corrected chi connectivity index (χ4v) is 9.63. The van der Waals surface area contributed by atoms with Gasteiger partial charge in [0.15, 0.2) is 0 Å². The molecule has 0 aromatic carbocycles. The van der Waals surface area contributed by atoms with Crippen LogP contribution in [0.1, 0.15) is 79.1 Å². The monoisotopic (exact) mass is 448 g/mol. The number of hydrogen-bond donors (Lipinski definition) is 3. The van der Waals surface area contributed by atoms with E-state index in [1.165, 1.54) is 6.42 Å². The number of rotatable bonds is 4. The Morgan fingerprint density at radius 1 is 1.12 bits per heavy atom. The molecule has 4 aliphatic carbocycles. The van der Waals surface area contributed by atoms with Gasteiger partial charge in [0.2, 0.25) is 0 Å². The smallest absolute Gasteiger partial charge is 0.136 e. The summed E-state index contributed by atoms with van der Waals surface area (Å²) in [6, 6.07) is 0. The number of aliphatic hydroxyl groups excluding tert-OH is 3. The molecule has 13 atom stereocenters. The van der Waals surface area contributed by atoms with Gasteiger partial charge < -0.3 is 20.1 Å². The molecule has 0 aromatic rings. The molecule has 4 unspecified atom stereocenters. The molecular formula is C27H44O5. The highest BCUT2D eigenvalue weighted by atomic mass is 16.5. The van der Waals surface area contributed by atoms with E-state index in [0.717, 1.165) is 25.7 Å². The first-order valence-corrected chi connectivity index (χ1v) is 13.2. The van der Waals surface area contributed by atoms with Crippen molar-refractivity contribution in [2.75, 3.05) is 6.61 Å². The third kappa shape index (κ3) is 3.28. The maximum Gasteiger partial charge on any atom is 0.136 e. The number of aliphatic hydroxyl groups is 3. The SMILES string of the molecule is CC1C2C(C[C@H]3[C@@H]4CC(=O)C5C[C@H](O)[C@H](O)C[C@]5(C)[C@H]4CC[C@]23C)O[C@@H]1CC[C@@H](C)CO. The number of hydrogen-bond acceptors (Lipinski definition) is 5. The molecule has 5 fully saturated rings. The molecule has 1 heterocycles. The normalized spacial score (nSPS) is 55.7. The molecule has 1 aliphatic heterocycles. The van der Waals surface area contributed by atoms with Crippen LogP contribution in [-0.4, -0.2) is 52.1 Å². The van der Waals surface area contributed by atoms with Crippen molar-refractivity contribution in [3.8, 4) is 0 Å². The van der Waals surface area contributed by atoms with Crippen molar-refractivity contribution >= 4 is 5.78 Å². The number of ether oxygens (including phenoxy) is 1. The van der Waals surface area contributed by atoms with Crippen LogP contribution in [0, 0.1) is 52.3 Å². The Bertz CT molecular complexity index is 740. The predicted octanol–water partition coefficient (Wildman–Crippen LogP) is 3.58. The maximum atomic E-state index is 13.3. The maximum absolute atomic E-state index is 13.3. The average Bonchev–Trinajstić information content (AvgIpc) is 3.22. The Kier molecular flexibility index (Phi) is 5.84. The van der Waals surface area contributed by atoms with Crippen molar-refractivity contribution in [2.45, 2.75) is 103 Å². The standard InChI is InChI=1S/C27H44O5/c1-14(13-28)5-6-23-15(2)25-24(32-23)11-18-16-9-20(29)19-10-21(30)22(31)12-27(19,4)17(16)7-8-26(18,25)3/h14-19,21-25,28,30-31H,5-13H2,1-4H3/t14-,15?,16-,17+,18+,19?,21+,22-,23-,24?,25?,26+,27-/m1/s1. The van der Waals surface area contributed by atoms with Crippen molar-refractivity contribution in [1.29, 1.82) is 0 Å². The molecule has 0 bridgehead atoms. The molecule has 0 aromatic heterocycles. The Hall–Kier alpha value is -0.490. The summed E-state index contributed by atoms with van der Waals surface area (Å²) in [5.74, 6) is 3.00. The average molecular weight is 449 g/mol. The lowest BCUT2D eigenvalue weighted by atomic mass is 9.44. The highest BCUT2D eigenvalue weighted by Crippen LogP contribution is 2.69. The van der Waals surface area contributed by atoms with E-state index >= 15 is 0 Å². The first-order valence-electron chi connectivity index (χ1n) is 13.2. The van der Waals surface area contributed by atoms with Crippen molar-refractivity contribution in [3.63, 3.8) is 0 Å². The van der Waals surface area contributed by atoms with Crippen molar-refractivity contribution < 1.29 is 24.9 Å². The molecule has 1 saturated heterocycles. The summed E-state index contributed by atoms with van der Waals surface area (Å²) < 4.78 is 6.68. The fraction of sp³-hybridized carbons (Fsp3) is 0.963. The predicted molar refractivity (Wildman–Crippen MR) is 122 cm³/mol. The van der Waals surface area contributed by atoms with Crippen LogP contribution in [-0.2, 0) is 9.53 Å². The molecular weight excluding hydrogens is 404 g/mol. The molecule has 5 rings (SSSR count). The van der Waals surface area contributed by atoms with Crippen LogP contribution in [0.3, 0.4) is 0 Å². The molecule has 5 nitrogen and oxygen atoms in total. The highest BCUT2D eigenvalue weighted by Gasteiger charge is 2.67. The molecule has 5 heteroatoms. The minimum absolute atomic E-state index is 0.0968. The van der Waals surface area contributed by atoms with Gasteiger partial charge in [-0.25, -0.2) is 0 Å². The lowest BCUT2D eigenvalue weighted by Gasteiger charge is -2.60. The summed E-state index contributed by atoms with van der Waals surface area (Å²) in [4.78, 5) is 13.3. The summed E-state index contributed by atoms with van der Waals surface area (Å²) in [6.45, 7) is 9.44. The largest absolute Gasteiger partial charge is 0.396 e. The van der Waals surface area contributed by atoms with E-state index < -0.39 is 12.2 Å². The van der Waals surface area contributed by atoms with Crippen LogP contribution < -0.4 is 0 Å². The molecule has 32 heavy (non-hydrogen) atoms. The van der Waals surface area contributed by atoms with Crippen LogP contribution in [0.25, 0.3) is 0 Å². The van der Waals surface area contributed by atoms with Crippen molar-refractivity contribution in [1.82, 2.24) is 0 Å². The van der Waals surface area contributed by atoms with E-state index in [9.17, 15) is 20.1 Å². The summed E-state index contributed by atoms with van der Waals surface area (Å²) in [7, 11) is 0. The van der Waals surface area contributed by atoms with E-state index in [1.54, 1.807) is 0 Å². The first-order chi connectivity index (χ1) is 15.1. The quantitative estimate of drug-likeness (QED) is 0.612. The van der Waals surface area contributed by atoms with Gasteiger partial charge >= 0.3 is 0 Å². The molecule has 0 amide bonds. The molecule has 182 valence electrons. The van der Waals surface area contributed by atoms with E-state index in [0.29, 0.717) is 72.8 Å². The van der Waals surface area contributed by atoms with E-state index in [1.807, 2.05) is 0 Å². The zero-order valence-electron chi connectivity index (χ0n) is 20.4. The summed E-state index contributed by atoms with van der Waals surface area (Å²) in [6.07, 6.45) is 6.19. The lowest BCUT2D eigenvalue weighted by Crippen LogP contribution is -2.59. The Balaban J connectivity index is 1.36. The van der Waals surface area contributed by atoms with Crippen LogP contribution in [0.2, 0.25) is 0 Å². The zero-order valence-corrected chi connectivity index (χ0v) is 20.4. The van der Waals surface area contributed by atoms with Gasteiger partial charge in [-0.2, -0.15) is 0 Å². The second kappa shape index (κ2) is 8.03. The summed E-state index contributed by atoms with van der Waals surface area (Å²) in [5.41, 5.74) is 0.0337. The zero-order chi connectivity index (χ0) is 23.0. The van der Waals surface area contributed by atoms with Gasteiger partial charge in [-0.3, -0.25) is 4.79 Å². The second-order valence-corrected chi connectivity index (χ2v) is 12.9. The van der Waals surface area contributed by atoms with Crippen LogP contribution in [0.5, 0.6) is 0 Å². The van der Waals surface area contributed by atoms with Gasteiger partial charge in [0.25, 0.3) is 0 Å². The number of fused-ring (bicyclic) bond motifs is 7. The minimum atomic E-state index is -0.756. The molecule has 0 radical (unpaired) electrons. The van der Waals surface area contributed by atoms with Gasteiger partial charge in [0.05, 0.1) is 24.4 Å². The summed E-state index contributed by atoms with van der Waals surface area (Å²) in [5, 5.41) is 30.2. The van der Waals surface area contributed by atoms with Crippen molar-refractivity contribution in [3.05, 3.63) is 0 Å². The summed E-state index contributed by atoms with van der Waals surface area (Å²) >= 11 is 0. The Morgan fingerprint density at radius 3 is 2.59 bits per heavy atom. The van der Waals surface area contributed by atoms with Gasteiger partial charge in [0.1, 0.15) is 5.78 Å². The van der Waals surface area contributed by atoms with Gasteiger partial charge in [-0.05, 0) is 91.3 Å². The number of carbonyl (C=O) groups is 1. The van der Waals surface area contributed by atoms with Crippen LogP contribution in [0.15, 0.2) is 0 Å². The fourth-order valence-electron chi connectivity index (χ4n) is 9.63. The van der Waals surface area contributed by atoms with Gasteiger partial charge in [0, 0.05) is 18.9 Å². The van der Waals surface area contributed by atoms with Crippen LogP contribution >= 0.6 is 0 Å². The highest BCUT2D eigenvalue weighted by molar-refractivity contribution is 5.83. The van der Waals surface area contributed by atoms with E-state index in [-0.39, 0.29) is 23.4 Å². The molecule has 4 saturated carbocycles. The van der Waals surface area contributed by atoms with Gasteiger partial charge in [-0.1, -0.05) is 27.7 Å². The lowest BCUT2D eigenvalue weighted by molar-refractivity contribution is -0.174. The number of carbonyl (C=O) groups excluding carboxylic acids is 1. The third-order valence-corrected chi connectivity index (χ3v) is 11.3. The first kappa shape index (κ1) is 23.3. The Labute approximate surface area is 193 Å². The topological polar surface area (TPSA) is 87.0 Å². The Morgan fingerprint density at radius 2 is 1.88 bits per heavy atom. The molecule has 5 aliphatic rings. The minimum Gasteiger partial charge on any atom is -0.396 e.